The van der Waals surface area contributed by atoms with Gasteiger partial charge in [0, 0.05) is 24.5 Å². The number of aromatic nitrogens is 2. The molecular weight excluding hydrogens is 234 g/mol. The van der Waals surface area contributed by atoms with Crippen LogP contribution in [0.25, 0.3) is 0 Å². The van der Waals surface area contributed by atoms with Gasteiger partial charge in [-0.1, -0.05) is 26.2 Å². The first kappa shape index (κ1) is 14.5. The van der Waals surface area contributed by atoms with E-state index < -0.39 is 0 Å². The largest absolute Gasteiger partial charge is 0.347 e. The first-order valence-corrected chi connectivity index (χ1v) is 6.60. The van der Waals surface area contributed by atoms with Crippen molar-refractivity contribution >= 4 is 12.4 Å². The molecule has 4 heteroatoms. The molecular formula is C13H24ClN3. The average Bonchev–Trinajstić information content (AvgIpc) is 2.81. The molecule has 2 unspecified atom stereocenters. The van der Waals surface area contributed by atoms with Crippen LogP contribution in [-0.4, -0.2) is 16.0 Å². The highest BCUT2D eigenvalue weighted by Crippen LogP contribution is 2.28. The van der Waals surface area contributed by atoms with E-state index in [0.29, 0.717) is 0 Å². The van der Waals surface area contributed by atoms with Crippen LogP contribution in [-0.2, 0) is 6.54 Å². The van der Waals surface area contributed by atoms with E-state index in [4.69, 9.17) is 0 Å². The number of nitrogens with one attached hydrogen (secondary N) is 2. The molecule has 1 aromatic rings. The second-order valence-electron chi connectivity index (χ2n) is 4.90. The van der Waals surface area contributed by atoms with Crippen LogP contribution in [0.4, 0.5) is 0 Å². The van der Waals surface area contributed by atoms with E-state index in [0.717, 1.165) is 18.5 Å². The molecule has 0 spiro atoms. The van der Waals surface area contributed by atoms with Crippen LogP contribution in [0.2, 0.25) is 0 Å². The average molecular weight is 258 g/mol. The summed E-state index contributed by atoms with van der Waals surface area (Å²) in [4.78, 5) is 7.20. The number of hydrogen-bond acceptors (Lipinski definition) is 2. The van der Waals surface area contributed by atoms with Gasteiger partial charge in [0.15, 0.2) is 0 Å². The molecule has 1 aliphatic rings. The van der Waals surface area contributed by atoms with Crippen LogP contribution in [0.5, 0.6) is 0 Å². The van der Waals surface area contributed by atoms with E-state index in [-0.39, 0.29) is 12.4 Å². The van der Waals surface area contributed by atoms with Crippen LogP contribution in [0, 0.1) is 5.92 Å². The Hall–Kier alpha value is -0.540. The third-order valence-electron chi connectivity index (χ3n) is 3.68. The fourth-order valence-corrected chi connectivity index (χ4v) is 2.82. The molecule has 17 heavy (non-hydrogen) atoms. The Labute approximate surface area is 110 Å². The van der Waals surface area contributed by atoms with Crippen molar-refractivity contribution in [3.05, 3.63) is 18.2 Å². The zero-order valence-electron chi connectivity index (χ0n) is 10.6. The maximum atomic E-state index is 4.05. The van der Waals surface area contributed by atoms with Gasteiger partial charge < -0.3 is 10.3 Å². The molecule has 0 radical (unpaired) electrons. The normalized spacial score (nSPS) is 24.3. The Morgan fingerprint density at radius 3 is 2.94 bits per heavy atom. The lowest BCUT2D eigenvalue weighted by molar-refractivity contribution is 0.246. The van der Waals surface area contributed by atoms with Crippen molar-refractivity contribution < 1.29 is 0 Å². The Morgan fingerprint density at radius 2 is 2.24 bits per heavy atom. The van der Waals surface area contributed by atoms with Gasteiger partial charge in [0.25, 0.3) is 0 Å². The smallest absolute Gasteiger partial charge is 0.0922 e. The quantitative estimate of drug-likeness (QED) is 0.850. The van der Waals surface area contributed by atoms with Crippen LogP contribution in [0.1, 0.15) is 51.1 Å². The number of aromatic amines is 1. The molecule has 0 saturated heterocycles. The molecule has 0 bridgehead atoms. The Bertz CT molecular complexity index is 285. The van der Waals surface area contributed by atoms with E-state index >= 15 is 0 Å². The summed E-state index contributed by atoms with van der Waals surface area (Å²) in [5, 5.41) is 3.69. The van der Waals surface area contributed by atoms with Crippen molar-refractivity contribution in [1.82, 2.24) is 15.3 Å². The zero-order chi connectivity index (χ0) is 11.2. The fourth-order valence-electron chi connectivity index (χ4n) is 2.82. The van der Waals surface area contributed by atoms with E-state index in [1.54, 1.807) is 6.33 Å². The van der Waals surface area contributed by atoms with Gasteiger partial charge in [-0.15, -0.1) is 12.4 Å². The number of nitrogens with zero attached hydrogens (tertiary/aromatic N) is 1. The summed E-state index contributed by atoms with van der Waals surface area (Å²) in [5.74, 6) is 0.890. The van der Waals surface area contributed by atoms with E-state index in [1.807, 2.05) is 6.20 Å². The monoisotopic (exact) mass is 257 g/mol. The summed E-state index contributed by atoms with van der Waals surface area (Å²) in [6.45, 7) is 3.23. The first-order valence-electron chi connectivity index (χ1n) is 6.60. The maximum absolute atomic E-state index is 4.05. The van der Waals surface area contributed by atoms with Gasteiger partial charge in [-0.25, -0.2) is 4.98 Å². The lowest BCUT2D eigenvalue weighted by atomic mass is 9.82. The maximum Gasteiger partial charge on any atom is 0.0922 e. The molecule has 1 fully saturated rings. The number of halogens is 1. The fraction of sp³-hybridized carbons (Fsp3) is 0.769. The molecule has 2 atom stereocenters. The number of hydrogen-bond donors (Lipinski definition) is 2. The van der Waals surface area contributed by atoms with Crippen LogP contribution in [0.3, 0.4) is 0 Å². The van der Waals surface area contributed by atoms with Crippen molar-refractivity contribution in [2.24, 2.45) is 5.92 Å². The summed E-state index contributed by atoms with van der Waals surface area (Å²) in [7, 11) is 0. The summed E-state index contributed by atoms with van der Waals surface area (Å²) in [5.41, 5.74) is 1.20. The lowest BCUT2D eigenvalue weighted by Gasteiger charge is -2.32. The first-order chi connectivity index (χ1) is 7.90. The second kappa shape index (κ2) is 7.72. The number of H-pyrrole nitrogens is 1. The molecule has 3 nitrogen and oxygen atoms in total. The van der Waals surface area contributed by atoms with Gasteiger partial charge in [-0.3, -0.25) is 0 Å². The molecule has 1 heterocycles. The van der Waals surface area contributed by atoms with E-state index in [9.17, 15) is 0 Å². The highest BCUT2D eigenvalue weighted by atomic mass is 35.5. The third kappa shape index (κ3) is 4.32. The van der Waals surface area contributed by atoms with Gasteiger partial charge in [0.1, 0.15) is 0 Å². The van der Waals surface area contributed by atoms with Crippen molar-refractivity contribution in [3.8, 4) is 0 Å². The summed E-state index contributed by atoms with van der Waals surface area (Å²) in [6, 6.07) is 0.719. The molecule has 98 valence electrons. The van der Waals surface area contributed by atoms with E-state index in [1.165, 1.54) is 44.2 Å². The summed E-state index contributed by atoms with van der Waals surface area (Å²) >= 11 is 0. The minimum atomic E-state index is 0. The van der Waals surface area contributed by atoms with Gasteiger partial charge in [-0.2, -0.15) is 0 Å². The highest BCUT2D eigenvalue weighted by Gasteiger charge is 2.23. The number of rotatable bonds is 5. The van der Waals surface area contributed by atoms with Crippen molar-refractivity contribution in [2.75, 3.05) is 0 Å². The molecule has 0 aliphatic heterocycles. The van der Waals surface area contributed by atoms with E-state index in [2.05, 4.69) is 22.2 Å². The second-order valence-corrected chi connectivity index (χ2v) is 4.90. The van der Waals surface area contributed by atoms with Gasteiger partial charge in [-0.05, 0) is 25.2 Å². The molecule has 2 N–H and O–H groups in total. The standard InChI is InChI=1S/C13H23N3.ClH/c1-2-5-11-6-3-4-7-13(11)15-9-12-8-14-10-16-12;/h8,10-11,13,15H,2-7,9H2,1H3,(H,14,16);1H. The molecule has 1 saturated carbocycles. The SMILES string of the molecule is CCCC1CCCCC1NCc1cnc[nH]1.Cl. The minimum absolute atomic E-state index is 0. The van der Waals surface area contributed by atoms with Crippen molar-refractivity contribution in [1.29, 1.82) is 0 Å². The van der Waals surface area contributed by atoms with Gasteiger partial charge in [0.2, 0.25) is 0 Å². The van der Waals surface area contributed by atoms with Crippen LogP contribution >= 0.6 is 12.4 Å². The van der Waals surface area contributed by atoms with Crippen LogP contribution in [0.15, 0.2) is 12.5 Å². The van der Waals surface area contributed by atoms with Crippen molar-refractivity contribution in [3.63, 3.8) is 0 Å². The summed E-state index contributed by atoms with van der Waals surface area (Å²) < 4.78 is 0. The minimum Gasteiger partial charge on any atom is -0.347 e. The Balaban J connectivity index is 0.00000144. The molecule has 0 aromatic carbocycles. The lowest BCUT2D eigenvalue weighted by Crippen LogP contribution is -2.38. The predicted molar refractivity (Wildman–Crippen MR) is 73.3 cm³/mol. The Kier molecular flexibility index (Phi) is 6.60. The van der Waals surface area contributed by atoms with Crippen LogP contribution < -0.4 is 5.32 Å². The molecule has 0 amide bonds. The zero-order valence-corrected chi connectivity index (χ0v) is 11.4. The van der Waals surface area contributed by atoms with Gasteiger partial charge in [0.05, 0.1) is 6.33 Å². The topological polar surface area (TPSA) is 40.7 Å². The molecule has 1 aromatic heterocycles. The molecule has 1 aliphatic carbocycles. The van der Waals surface area contributed by atoms with Crippen molar-refractivity contribution in [2.45, 2.75) is 58.0 Å². The molecule has 2 rings (SSSR count). The predicted octanol–water partition coefficient (Wildman–Crippen LogP) is 3.28. The summed E-state index contributed by atoms with van der Waals surface area (Å²) in [6.07, 6.45) is 11.9. The third-order valence-corrected chi connectivity index (χ3v) is 3.68. The highest BCUT2D eigenvalue weighted by molar-refractivity contribution is 5.85. The number of imidazole rings is 1. The van der Waals surface area contributed by atoms with Gasteiger partial charge >= 0.3 is 0 Å². The Morgan fingerprint density at radius 1 is 1.41 bits per heavy atom.